The highest BCUT2D eigenvalue weighted by molar-refractivity contribution is 6.00. The SMILES string of the molecule is CCOC(=O)CCC(NC(=O)C(CC(=O)OC)NC(=O)OCc1ccccc1)C(=O)NC(CC(=O)OC)C(=O)NC(CCC(=O)OCC)C(=O)NC(CC(=O)OC)C(=O)NC(CCC(=O)OCC)C(=O)NC(CC(=O)OCC)C(=O)OCC. The Bertz CT molecular complexity index is 2390. The molecular weight excluding hydrogens is 1110 g/mol. The molecule has 0 spiro atoms. The van der Waals surface area contributed by atoms with E-state index in [9.17, 15) is 71.9 Å². The number of methoxy groups -OCH3 is 3. The second kappa shape index (κ2) is 40.3. The van der Waals surface area contributed by atoms with Crippen LogP contribution in [-0.2, 0) is 116 Å². The number of amides is 7. The van der Waals surface area contributed by atoms with Gasteiger partial charge < -0.3 is 79.8 Å². The van der Waals surface area contributed by atoms with Gasteiger partial charge in [0.1, 0.15) is 48.9 Å². The molecule has 0 saturated heterocycles. The molecule has 31 heteroatoms. The van der Waals surface area contributed by atoms with Gasteiger partial charge in [-0.3, -0.25) is 62.3 Å². The lowest BCUT2D eigenvalue weighted by Crippen LogP contribution is -2.60. The number of alkyl carbamates (subject to hydrolysis) is 1. The van der Waals surface area contributed by atoms with Crippen molar-refractivity contribution in [3.05, 3.63) is 35.9 Å². The van der Waals surface area contributed by atoms with Crippen molar-refractivity contribution in [3.63, 3.8) is 0 Å². The fourth-order valence-corrected chi connectivity index (χ4v) is 7.03. The first-order valence-electron chi connectivity index (χ1n) is 26.3. The van der Waals surface area contributed by atoms with Crippen LogP contribution in [0.5, 0.6) is 0 Å². The Morgan fingerprint density at radius 1 is 0.337 bits per heavy atom. The molecule has 0 fully saturated rings. The number of carbonyl (C=O) groups is 15. The number of ether oxygens (including phenoxy) is 9. The van der Waals surface area contributed by atoms with Gasteiger partial charge >= 0.3 is 53.8 Å². The third-order valence-electron chi connectivity index (χ3n) is 11.2. The molecule has 0 bridgehead atoms. The summed E-state index contributed by atoms with van der Waals surface area (Å²) in [6.07, 6.45) is -8.08. The van der Waals surface area contributed by atoms with E-state index >= 15 is 0 Å². The molecule has 7 unspecified atom stereocenters. The van der Waals surface area contributed by atoms with Crippen LogP contribution in [0.3, 0.4) is 0 Å². The first kappa shape index (κ1) is 72.1. The lowest BCUT2D eigenvalue weighted by molar-refractivity contribution is -0.153. The van der Waals surface area contributed by atoms with Crippen LogP contribution < -0.4 is 37.2 Å². The van der Waals surface area contributed by atoms with E-state index in [0.717, 1.165) is 21.3 Å². The van der Waals surface area contributed by atoms with E-state index in [-0.39, 0.29) is 39.6 Å². The monoisotopic (exact) mass is 1180 g/mol. The molecule has 7 N–H and O–H groups in total. The predicted octanol–water partition coefficient (Wildman–Crippen LogP) is -1.57. The highest BCUT2D eigenvalue weighted by atomic mass is 16.6. The van der Waals surface area contributed by atoms with Crippen molar-refractivity contribution in [1.82, 2.24) is 37.2 Å². The van der Waals surface area contributed by atoms with Gasteiger partial charge in [-0.1, -0.05) is 30.3 Å². The fraction of sp³-hybridized carbons (Fsp3) is 0.596. The molecule has 0 radical (unpaired) electrons. The standard InChI is InChI=1S/C52H75N7O24/c1-9-78-38(60)22-19-31(45(67)56-35(26-42(64)76-7)49(71)54-33(21-24-40(62)80-11-3)47(69)58-37(51(73)82-13-5)28-44(66)81-12-4)53-48(70)34(25-41(63)75-6)57-46(68)32(20-23-39(61)79-10-2)55-50(72)36(27-43(65)77-8)59-52(74)83-29-30-17-15-14-16-18-30/h14-18,31-37H,9-13,19-29H2,1-8H3,(H,53,70)(H,54,71)(H,55,72)(H,56,67)(H,57,68)(H,58,69)(H,59,74). The van der Waals surface area contributed by atoms with Crippen LogP contribution in [0.1, 0.15) is 104 Å². The number of benzene rings is 1. The first-order chi connectivity index (χ1) is 39.5. The third-order valence-corrected chi connectivity index (χ3v) is 11.2. The third kappa shape index (κ3) is 29.4. The van der Waals surface area contributed by atoms with Crippen LogP contribution in [-0.4, -0.2) is 186 Å². The van der Waals surface area contributed by atoms with Gasteiger partial charge in [0, 0.05) is 19.3 Å². The number of esters is 8. The van der Waals surface area contributed by atoms with E-state index in [1.807, 2.05) is 0 Å². The maximum Gasteiger partial charge on any atom is 0.408 e. The van der Waals surface area contributed by atoms with Crippen LogP contribution in [0.4, 0.5) is 4.79 Å². The van der Waals surface area contributed by atoms with Crippen molar-refractivity contribution in [1.29, 1.82) is 0 Å². The molecule has 0 aromatic heterocycles. The van der Waals surface area contributed by atoms with Crippen molar-refractivity contribution in [2.75, 3.05) is 54.4 Å². The average Bonchev–Trinajstić information content (AvgIpc) is 3.46. The maximum absolute atomic E-state index is 14.3. The van der Waals surface area contributed by atoms with E-state index in [4.69, 9.17) is 37.9 Å². The Hall–Kier alpha value is -8.93. The number of hydrogen-bond donors (Lipinski definition) is 7. The molecule has 1 aromatic rings. The molecule has 31 nitrogen and oxygen atoms in total. The minimum absolute atomic E-state index is 0.0750. The summed E-state index contributed by atoms with van der Waals surface area (Å²) >= 11 is 0. The molecule has 0 aliphatic heterocycles. The lowest BCUT2D eigenvalue weighted by Gasteiger charge is -2.27. The summed E-state index contributed by atoms with van der Waals surface area (Å²) in [5.74, 6) is -15.4. The molecule has 0 aliphatic rings. The smallest absolute Gasteiger partial charge is 0.408 e. The summed E-state index contributed by atoms with van der Waals surface area (Å²) in [7, 11) is 2.85. The van der Waals surface area contributed by atoms with Gasteiger partial charge in [-0.25, -0.2) is 9.59 Å². The van der Waals surface area contributed by atoms with Crippen molar-refractivity contribution < 1.29 is 115 Å². The molecule has 1 rings (SSSR count). The minimum Gasteiger partial charge on any atom is -0.469 e. The number of carbonyl (C=O) groups excluding carboxylic acids is 15. The van der Waals surface area contributed by atoms with E-state index in [1.54, 1.807) is 30.3 Å². The van der Waals surface area contributed by atoms with Crippen molar-refractivity contribution in [3.8, 4) is 0 Å². The van der Waals surface area contributed by atoms with Gasteiger partial charge in [-0.05, 0) is 59.4 Å². The zero-order valence-corrected chi connectivity index (χ0v) is 47.5. The van der Waals surface area contributed by atoms with E-state index in [1.165, 1.54) is 34.6 Å². The lowest BCUT2D eigenvalue weighted by atomic mass is 10.0. The summed E-state index contributed by atoms with van der Waals surface area (Å²) in [4.78, 5) is 198. The van der Waals surface area contributed by atoms with Gasteiger partial charge in [-0.2, -0.15) is 0 Å². The average molecular weight is 1180 g/mol. The second-order valence-corrected chi connectivity index (χ2v) is 17.3. The first-order valence-corrected chi connectivity index (χ1v) is 26.3. The van der Waals surface area contributed by atoms with Crippen molar-refractivity contribution >= 4 is 89.3 Å². The number of rotatable bonds is 38. The molecular formula is C52H75N7O24. The zero-order chi connectivity index (χ0) is 62.4. The predicted molar refractivity (Wildman–Crippen MR) is 281 cm³/mol. The molecule has 7 amide bonds. The van der Waals surface area contributed by atoms with Crippen LogP contribution in [0, 0.1) is 0 Å². The van der Waals surface area contributed by atoms with Crippen LogP contribution in [0.15, 0.2) is 30.3 Å². The molecule has 1 aromatic carbocycles. The van der Waals surface area contributed by atoms with E-state index < -0.39 is 196 Å². The van der Waals surface area contributed by atoms with Gasteiger partial charge in [0.2, 0.25) is 35.4 Å². The van der Waals surface area contributed by atoms with Crippen LogP contribution in [0.25, 0.3) is 0 Å². The van der Waals surface area contributed by atoms with Gasteiger partial charge in [0.25, 0.3) is 0 Å². The Morgan fingerprint density at radius 3 is 0.964 bits per heavy atom. The Balaban J connectivity index is 3.76. The summed E-state index contributed by atoms with van der Waals surface area (Å²) < 4.78 is 44.1. The normalized spacial score (nSPS) is 13.0. The van der Waals surface area contributed by atoms with E-state index in [0.29, 0.717) is 5.56 Å². The summed E-state index contributed by atoms with van der Waals surface area (Å²) in [5, 5.41) is 15.8. The van der Waals surface area contributed by atoms with Gasteiger partial charge in [0.15, 0.2) is 0 Å². The highest BCUT2D eigenvalue weighted by Gasteiger charge is 2.37. The maximum atomic E-state index is 14.3. The summed E-state index contributed by atoms with van der Waals surface area (Å²) in [6, 6.07) is -4.64. The quantitative estimate of drug-likeness (QED) is 0.0290. The van der Waals surface area contributed by atoms with E-state index in [2.05, 4.69) is 42.0 Å². The highest BCUT2D eigenvalue weighted by Crippen LogP contribution is 2.11. The fourth-order valence-electron chi connectivity index (χ4n) is 7.03. The summed E-state index contributed by atoms with van der Waals surface area (Å²) in [5.41, 5.74) is 0.561. The molecule has 462 valence electrons. The molecule has 83 heavy (non-hydrogen) atoms. The molecule has 0 heterocycles. The largest absolute Gasteiger partial charge is 0.469 e. The van der Waals surface area contributed by atoms with Gasteiger partial charge in [-0.15, -0.1) is 0 Å². The van der Waals surface area contributed by atoms with Crippen LogP contribution >= 0.6 is 0 Å². The summed E-state index contributed by atoms with van der Waals surface area (Å²) in [6.45, 7) is 6.58. The molecule has 7 atom stereocenters. The van der Waals surface area contributed by atoms with Crippen molar-refractivity contribution in [2.45, 2.75) is 148 Å². The minimum atomic E-state index is -2.03. The number of hydrogen-bond acceptors (Lipinski definition) is 24. The Morgan fingerprint density at radius 2 is 0.627 bits per heavy atom. The zero-order valence-electron chi connectivity index (χ0n) is 47.5. The number of nitrogens with one attached hydrogen (secondary N) is 7. The second-order valence-electron chi connectivity index (χ2n) is 17.3. The Kier molecular flexibility index (Phi) is 35.0. The Labute approximate surface area is 478 Å². The van der Waals surface area contributed by atoms with Gasteiger partial charge in [0.05, 0.1) is 80.0 Å². The topological polar surface area (TPSA) is 423 Å². The van der Waals surface area contributed by atoms with Crippen molar-refractivity contribution in [2.24, 2.45) is 0 Å². The molecule has 0 saturated carbocycles. The van der Waals surface area contributed by atoms with Crippen LogP contribution in [0.2, 0.25) is 0 Å². The molecule has 0 aliphatic carbocycles.